The second-order valence-electron chi connectivity index (χ2n) is 7.24. The lowest BCUT2D eigenvalue weighted by Crippen LogP contribution is -2.22. The second-order valence-corrected chi connectivity index (χ2v) is 8.91. The first-order chi connectivity index (χ1) is 13.9. The fraction of sp³-hybridized carbons (Fsp3) is 0.421. The van der Waals surface area contributed by atoms with E-state index in [1.807, 2.05) is 12.1 Å². The van der Waals surface area contributed by atoms with E-state index in [1.54, 1.807) is 11.8 Å². The maximum Gasteiger partial charge on any atom is 0.231 e. The van der Waals surface area contributed by atoms with Crippen LogP contribution in [0.2, 0.25) is 0 Å². The van der Waals surface area contributed by atoms with Gasteiger partial charge in [-0.15, -0.1) is 0 Å². The summed E-state index contributed by atoms with van der Waals surface area (Å²) in [6.45, 7) is 8.41. The number of anilines is 1. The summed E-state index contributed by atoms with van der Waals surface area (Å²) in [7, 11) is 2.79. The average Bonchev–Trinajstić information content (AvgIpc) is 3.27. The van der Waals surface area contributed by atoms with Crippen molar-refractivity contribution in [1.82, 2.24) is 24.2 Å². The molecule has 29 heavy (non-hydrogen) atoms. The first-order valence-corrected chi connectivity index (χ1v) is 10.8. The molecule has 3 heterocycles. The molecule has 1 aliphatic heterocycles. The Labute approximate surface area is 176 Å². The number of benzene rings is 1. The molecule has 0 bridgehead atoms. The lowest BCUT2D eigenvalue weighted by molar-refractivity contribution is 0.174. The Morgan fingerprint density at radius 1 is 1.28 bits per heavy atom. The van der Waals surface area contributed by atoms with Crippen LogP contribution in [-0.4, -0.2) is 43.6 Å². The van der Waals surface area contributed by atoms with Crippen molar-refractivity contribution in [3.63, 3.8) is 0 Å². The lowest BCUT2D eigenvalue weighted by atomic mass is 10.2. The van der Waals surface area contributed by atoms with Gasteiger partial charge in [0.1, 0.15) is 6.33 Å². The molecule has 0 saturated heterocycles. The highest BCUT2D eigenvalue weighted by Gasteiger charge is 2.20. The highest BCUT2D eigenvalue weighted by atomic mass is 32.2. The third kappa shape index (κ3) is 4.13. The third-order valence-electron chi connectivity index (χ3n) is 4.86. The Balaban J connectivity index is 1.65. The Morgan fingerprint density at radius 3 is 2.79 bits per heavy atom. The van der Waals surface area contributed by atoms with Crippen molar-refractivity contribution >= 4 is 38.1 Å². The number of imidazole rings is 1. The van der Waals surface area contributed by atoms with Gasteiger partial charge in [0.25, 0.3) is 0 Å². The molecule has 1 aromatic carbocycles. The van der Waals surface area contributed by atoms with Gasteiger partial charge in [0.15, 0.2) is 33.6 Å². The summed E-state index contributed by atoms with van der Waals surface area (Å²) in [6, 6.07) is 4.48. The van der Waals surface area contributed by atoms with Gasteiger partial charge in [0.05, 0.1) is 0 Å². The summed E-state index contributed by atoms with van der Waals surface area (Å²) in [4.78, 5) is 14.4. The van der Waals surface area contributed by atoms with Gasteiger partial charge >= 0.3 is 0 Å². The zero-order valence-corrected chi connectivity index (χ0v) is 18.7. The topological polar surface area (TPSA) is 91.3 Å². The van der Waals surface area contributed by atoms with Crippen LogP contribution in [0.1, 0.15) is 25.8 Å². The van der Waals surface area contributed by atoms with E-state index in [0.717, 1.165) is 52.3 Å². The highest BCUT2D eigenvalue weighted by molar-refractivity contribution is 7.99. The molecule has 2 N–H and O–H groups in total. The molecular formula is C19H25N6O2PS. The lowest BCUT2D eigenvalue weighted by Gasteiger charge is -2.20. The smallest absolute Gasteiger partial charge is 0.231 e. The van der Waals surface area contributed by atoms with Crippen molar-refractivity contribution < 1.29 is 9.47 Å². The predicted octanol–water partition coefficient (Wildman–Crippen LogP) is 3.49. The molecule has 1 aliphatic rings. The Morgan fingerprint density at radius 2 is 2.03 bits per heavy atom. The SMILES string of the molecule is Cc1cc2c(cc1Sc1nc3c(N)ncnc3n1CCCN(P)C(C)C)OCO2. The van der Waals surface area contributed by atoms with Crippen LogP contribution < -0.4 is 15.2 Å². The number of rotatable bonds is 7. The van der Waals surface area contributed by atoms with Gasteiger partial charge < -0.3 is 19.8 Å². The van der Waals surface area contributed by atoms with Crippen LogP contribution in [0.5, 0.6) is 11.5 Å². The van der Waals surface area contributed by atoms with E-state index in [4.69, 9.17) is 20.2 Å². The molecule has 1 atom stereocenters. The van der Waals surface area contributed by atoms with Crippen molar-refractivity contribution in [2.75, 3.05) is 19.1 Å². The summed E-state index contributed by atoms with van der Waals surface area (Å²) in [5.41, 5.74) is 8.57. The molecular weight excluding hydrogens is 407 g/mol. The Kier molecular flexibility index (Phi) is 5.81. The van der Waals surface area contributed by atoms with Crippen LogP contribution in [0.3, 0.4) is 0 Å². The predicted molar refractivity (Wildman–Crippen MR) is 117 cm³/mol. The minimum absolute atomic E-state index is 0.259. The van der Waals surface area contributed by atoms with Gasteiger partial charge in [-0.2, -0.15) is 0 Å². The summed E-state index contributed by atoms with van der Waals surface area (Å²) < 4.78 is 15.4. The van der Waals surface area contributed by atoms with Crippen molar-refractivity contribution in [2.24, 2.45) is 0 Å². The van der Waals surface area contributed by atoms with Gasteiger partial charge in [-0.3, -0.25) is 4.67 Å². The number of nitrogens with zero attached hydrogens (tertiary/aromatic N) is 5. The first kappa shape index (κ1) is 20.2. The van der Waals surface area contributed by atoms with Crippen LogP contribution in [0.4, 0.5) is 5.82 Å². The number of aryl methyl sites for hydroxylation is 2. The van der Waals surface area contributed by atoms with E-state index in [2.05, 4.69) is 49.4 Å². The standard InChI is InChI=1S/C19H25N6O2PS/c1-11(2)25(28)6-4-5-24-18-16(17(20)21-9-22-18)23-19(24)29-15-8-14-13(7-12(15)3)26-10-27-14/h7-9,11H,4-6,10,28H2,1-3H3,(H2,20,21,22). The largest absolute Gasteiger partial charge is 0.454 e. The van der Waals surface area contributed by atoms with E-state index >= 15 is 0 Å². The first-order valence-electron chi connectivity index (χ1n) is 9.50. The number of hydrogen-bond acceptors (Lipinski definition) is 8. The molecule has 2 aromatic heterocycles. The third-order valence-corrected chi connectivity index (χ3v) is 6.87. The van der Waals surface area contributed by atoms with Crippen molar-refractivity contribution in [3.8, 4) is 11.5 Å². The van der Waals surface area contributed by atoms with Crippen LogP contribution in [0, 0.1) is 6.92 Å². The van der Waals surface area contributed by atoms with Gasteiger partial charge in [0.2, 0.25) is 6.79 Å². The fourth-order valence-corrected chi connectivity index (χ4v) is 4.31. The number of nitrogens with two attached hydrogens (primary N) is 1. The molecule has 0 amide bonds. The molecule has 4 rings (SSSR count). The van der Waals surface area contributed by atoms with E-state index in [0.29, 0.717) is 17.4 Å². The molecule has 0 saturated carbocycles. The average molecular weight is 432 g/mol. The van der Waals surface area contributed by atoms with E-state index in [-0.39, 0.29) is 6.79 Å². The van der Waals surface area contributed by atoms with Crippen LogP contribution in [0.15, 0.2) is 28.5 Å². The molecule has 8 nitrogen and oxygen atoms in total. The van der Waals surface area contributed by atoms with Crippen LogP contribution in [0.25, 0.3) is 11.2 Å². The summed E-state index contributed by atoms with van der Waals surface area (Å²) in [6.07, 6.45) is 2.46. The number of fused-ring (bicyclic) bond motifs is 2. The molecule has 0 radical (unpaired) electrons. The zero-order chi connectivity index (χ0) is 20.5. The van der Waals surface area contributed by atoms with Crippen molar-refractivity contribution in [1.29, 1.82) is 0 Å². The van der Waals surface area contributed by atoms with Crippen LogP contribution >= 0.6 is 21.2 Å². The molecule has 0 fully saturated rings. The highest BCUT2D eigenvalue weighted by Crippen LogP contribution is 2.40. The van der Waals surface area contributed by atoms with E-state index < -0.39 is 0 Å². The van der Waals surface area contributed by atoms with Gasteiger partial charge in [-0.05, 0) is 44.9 Å². The quantitative estimate of drug-likeness (QED) is 0.568. The summed E-state index contributed by atoms with van der Waals surface area (Å²) >= 11 is 1.58. The molecule has 154 valence electrons. The Bertz CT molecular complexity index is 1040. The number of hydrogen-bond donors (Lipinski definition) is 1. The minimum atomic E-state index is 0.259. The minimum Gasteiger partial charge on any atom is -0.454 e. The van der Waals surface area contributed by atoms with E-state index in [1.165, 1.54) is 6.33 Å². The molecule has 10 heteroatoms. The second kappa shape index (κ2) is 8.34. The number of aromatic nitrogens is 4. The Hall–Kier alpha value is -2.09. The van der Waals surface area contributed by atoms with Gasteiger partial charge in [0, 0.05) is 24.0 Å². The van der Waals surface area contributed by atoms with Gasteiger partial charge in [-0.1, -0.05) is 21.2 Å². The van der Waals surface area contributed by atoms with E-state index in [9.17, 15) is 0 Å². The molecule has 3 aromatic rings. The van der Waals surface area contributed by atoms with Crippen LogP contribution in [-0.2, 0) is 6.54 Å². The van der Waals surface area contributed by atoms with Gasteiger partial charge in [-0.25, -0.2) is 15.0 Å². The maximum absolute atomic E-state index is 6.07. The zero-order valence-electron chi connectivity index (χ0n) is 16.8. The maximum atomic E-state index is 6.07. The monoisotopic (exact) mass is 432 g/mol. The molecule has 0 aliphatic carbocycles. The summed E-state index contributed by atoms with van der Waals surface area (Å²) in [5, 5.41) is 0.842. The fourth-order valence-electron chi connectivity index (χ4n) is 3.12. The van der Waals surface area contributed by atoms with Crippen molar-refractivity contribution in [2.45, 2.75) is 49.8 Å². The molecule has 0 spiro atoms. The molecule has 1 unspecified atom stereocenters. The normalized spacial score (nSPS) is 13.2. The van der Waals surface area contributed by atoms with Crippen molar-refractivity contribution in [3.05, 3.63) is 24.0 Å². The number of ether oxygens (including phenoxy) is 2. The summed E-state index contributed by atoms with van der Waals surface area (Å²) in [5.74, 6) is 1.94. The number of nitrogen functional groups attached to an aromatic ring is 1.